The second-order valence-electron chi connectivity index (χ2n) is 5.78. The SMILES string of the molecule is O=C(Nc1cc(Cl)ccc1Cl)C(Cc1cccnc1)c1ccc(F)cc1. The quantitative estimate of drug-likeness (QED) is 0.627. The van der Waals surface area contributed by atoms with Gasteiger partial charge in [-0.15, -0.1) is 0 Å². The van der Waals surface area contributed by atoms with Crippen LogP contribution in [0.1, 0.15) is 17.0 Å². The summed E-state index contributed by atoms with van der Waals surface area (Å²) in [5, 5.41) is 3.67. The van der Waals surface area contributed by atoms with E-state index in [0.29, 0.717) is 27.7 Å². The summed E-state index contributed by atoms with van der Waals surface area (Å²) < 4.78 is 13.3. The van der Waals surface area contributed by atoms with E-state index in [0.717, 1.165) is 5.56 Å². The van der Waals surface area contributed by atoms with Crippen LogP contribution >= 0.6 is 23.2 Å². The number of hydrogen-bond donors (Lipinski definition) is 1. The second kappa shape index (κ2) is 8.30. The van der Waals surface area contributed by atoms with E-state index < -0.39 is 5.92 Å². The Kier molecular flexibility index (Phi) is 5.86. The molecule has 3 rings (SSSR count). The Morgan fingerprint density at radius 2 is 1.88 bits per heavy atom. The fourth-order valence-electron chi connectivity index (χ4n) is 2.62. The maximum Gasteiger partial charge on any atom is 0.232 e. The predicted molar refractivity (Wildman–Crippen MR) is 102 cm³/mol. The third kappa shape index (κ3) is 4.59. The summed E-state index contributed by atoms with van der Waals surface area (Å²) in [5.41, 5.74) is 2.03. The van der Waals surface area contributed by atoms with Gasteiger partial charge < -0.3 is 5.32 Å². The Labute approximate surface area is 160 Å². The first-order chi connectivity index (χ1) is 12.5. The van der Waals surface area contributed by atoms with Gasteiger partial charge in [-0.1, -0.05) is 41.4 Å². The van der Waals surface area contributed by atoms with Crippen LogP contribution in [0.3, 0.4) is 0 Å². The van der Waals surface area contributed by atoms with Gasteiger partial charge in [0.1, 0.15) is 5.82 Å². The molecule has 26 heavy (non-hydrogen) atoms. The lowest BCUT2D eigenvalue weighted by molar-refractivity contribution is -0.117. The average molecular weight is 389 g/mol. The van der Waals surface area contributed by atoms with E-state index in [2.05, 4.69) is 10.3 Å². The fourth-order valence-corrected chi connectivity index (χ4v) is 2.96. The number of anilines is 1. The van der Waals surface area contributed by atoms with E-state index in [4.69, 9.17) is 23.2 Å². The van der Waals surface area contributed by atoms with E-state index >= 15 is 0 Å². The Bertz CT molecular complexity index is 901. The summed E-state index contributed by atoms with van der Waals surface area (Å²) in [6, 6.07) is 14.4. The third-order valence-electron chi connectivity index (χ3n) is 3.94. The molecular weight excluding hydrogens is 374 g/mol. The molecule has 0 fully saturated rings. The second-order valence-corrected chi connectivity index (χ2v) is 6.63. The molecule has 1 heterocycles. The maximum atomic E-state index is 13.3. The molecule has 0 saturated heterocycles. The Morgan fingerprint density at radius 1 is 1.12 bits per heavy atom. The molecule has 0 aliphatic heterocycles. The van der Waals surface area contributed by atoms with Crippen molar-refractivity contribution in [3.63, 3.8) is 0 Å². The highest BCUT2D eigenvalue weighted by Crippen LogP contribution is 2.28. The molecule has 0 saturated carbocycles. The van der Waals surface area contributed by atoms with Gasteiger partial charge in [-0.3, -0.25) is 9.78 Å². The summed E-state index contributed by atoms with van der Waals surface area (Å²) in [5.74, 6) is -1.15. The normalized spacial score (nSPS) is 11.8. The van der Waals surface area contributed by atoms with Gasteiger partial charge in [-0.2, -0.15) is 0 Å². The van der Waals surface area contributed by atoms with E-state index in [1.807, 2.05) is 12.1 Å². The number of benzene rings is 2. The van der Waals surface area contributed by atoms with Crippen molar-refractivity contribution in [2.24, 2.45) is 0 Å². The summed E-state index contributed by atoms with van der Waals surface area (Å²) in [6.45, 7) is 0. The van der Waals surface area contributed by atoms with Crippen LogP contribution in [0.15, 0.2) is 67.0 Å². The van der Waals surface area contributed by atoms with Gasteiger partial charge in [-0.25, -0.2) is 4.39 Å². The van der Waals surface area contributed by atoms with Crippen LogP contribution in [0.25, 0.3) is 0 Å². The average Bonchev–Trinajstić information content (AvgIpc) is 2.64. The molecule has 1 aromatic heterocycles. The highest BCUT2D eigenvalue weighted by atomic mass is 35.5. The summed E-state index contributed by atoms with van der Waals surface area (Å²) in [7, 11) is 0. The number of aromatic nitrogens is 1. The van der Waals surface area contributed by atoms with Gasteiger partial charge in [0.25, 0.3) is 0 Å². The number of nitrogens with one attached hydrogen (secondary N) is 1. The lowest BCUT2D eigenvalue weighted by Gasteiger charge is -2.18. The molecule has 1 N–H and O–H groups in total. The summed E-state index contributed by atoms with van der Waals surface area (Å²) >= 11 is 12.1. The third-order valence-corrected chi connectivity index (χ3v) is 4.50. The van der Waals surface area contributed by atoms with E-state index in [1.165, 1.54) is 12.1 Å². The molecule has 3 nitrogen and oxygen atoms in total. The first kappa shape index (κ1) is 18.4. The summed E-state index contributed by atoms with van der Waals surface area (Å²) in [4.78, 5) is 17.0. The van der Waals surface area contributed by atoms with Crippen LogP contribution < -0.4 is 5.32 Å². The number of hydrogen-bond acceptors (Lipinski definition) is 2. The van der Waals surface area contributed by atoms with Gasteiger partial charge in [0, 0.05) is 17.4 Å². The van der Waals surface area contributed by atoms with Crippen LogP contribution in [0.4, 0.5) is 10.1 Å². The zero-order valence-corrected chi connectivity index (χ0v) is 15.1. The number of halogens is 3. The number of rotatable bonds is 5. The Balaban J connectivity index is 1.90. The monoisotopic (exact) mass is 388 g/mol. The molecular formula is C20H15Cl2FN2O. The highest BCUT2D eigenvalue weighted by Gasteiger charge is 2.22. The van der Waals surface area contributed by atoms with Crippen LogP contribution in [0.5, 0.6) is 0 Å². The lowest BCUT2D eigenvalue weighted by Crippen LogP contribution is -2.23. The van der Waals surface area contributed by atoms with Gasteiger partial charge in [0.15, 0.2) is 0 Å². The van der Waals surface area contributed by atoms with Crippen molar-refractivity contribution in [2.45, 2.75) is 12.3 Å². The Morgan fingerprint density at radius 3 is 2.58 bits per heavy atom. The first-order valence-corrected chi connectivity index (χ1v) is 8.69. The first-order valence-electron chi connectivity index (χ1n) is 7.93. The van der Waals surface area contributed by atoms with Crippen molar-refractivity contribution in [1.29, 1.82) is 0 Å². The molecule has 2 aromatic carbocycles. The maximum absolute atomic E-state index is 13.3. The Hall–Kier alpha value is -2.43. The molecule has 1 amide bonds. The van der Waals surface area contributed by atoms with Gasteiger partial charge in [0.2, 0.25) is 5.91 Å². The van der Waals surface area contributed by atoms with Crippen molar-refractivity contribution >= 4 is 34.8 Å². The van der Waals surface area contributed by atoms with Crippen molar-refractivity contribution in [1.82, 2.24) is 4.98 Å². The number of nitrogens with zero attached hydrogens (tertiary/aromatic N) is 1. The highest BCUT2D eigenvalue weighted by molar-refractivity contribution is 6.35. The van der Waals surface area contributed by atoms with Crippen molar-refractivity contribution in [3.8, 4) is 0 Å². The molecule has 1 unspecified atom stereocenters. The molecule has 6 heteroatoms. The minimum absolute atomic E-state index is 0.260. The van der Waals surface area contributed by atoms with Crippen LogP contribution in [0.2, 0.25) is 10.0 Å². The van der Waals surface area contributed by atoms with Crippen LogP contribution in [-0.4, -0.2) is 10.9 Å². The predicted octanol–water partition coefficient (Wildman–Crippen LogP) is 5.49. The van der Waals surface area contributed by atoms with E-state index in [9.17, 15) is 9.18 Å². The van der Waals surface area contributed by atoms with Gasteiger partial charge in [0.05, 0.1) is 16.6 Å². The number of carbonyl (C=O) groups excluding carboxylic acids is 1. The number of amides is 1. The number of pyridine rings is 1. The zero-order chi connectivity index (χ0) is 18.5. The van der Waals surface area contributed by atoms with Crippen LogP contribution in [0, 0.1) is 5.82 Å². The molecule has 0 aliphatic carbocycles. The van der Waals surface area contributed by atoms with Crippen molar-refractivity contribution in [2.75, 3.05) is 5.32 Å². The van der Waals surface area contributed by atoms with Gasteiger partial charge in [-0.05, 0) is 53.9 Å². The molecule has 0 aliphatic rings. The molecule has 132 valence electrons. The van der Waals surface area contributed by atoms with Gasteiger partial charge >= 0.3 is 0 Å². The lowest BCUT2D eigenvalue weighted by atomic mass is 9.91. The minimum Gasteiger partial charge on any atom is -0.324 e. The van der Waals surface area contributed by atoms with Crippen molar-refractivity contribution < 1.29 is 9.18 Å². The van der Waals surface area contributed by atoms with E-state index in [-0.39, 0.29) is 11.7 Å². The summed E-state index contributed by atoms with van der Waals surface area (Å²) in [6.07, 6.45) is 3.79. The smallest absolute Gasteiger partial charge is 0.232 e. The minimum atomic E-state index is -0.533. The zero-order valence-electron chi connectivity index (χ0n) is 13.6. The number of carbonyl (C=O) groups is 1. The molecule has 0 spiro atoms. The van der Waals surface area contributed by atoms with Crippen LogP contribution in [-0.2, 0) is 11.2 Å². The molecule has 0 radical (unpaired) electrons. The topological polar surface area (TPSA) is 42.0 Å². The molecule has 3 aromatic rings. The van der Waals surface area contributed by atoms with E-state index in [1.54, 1.807) is 42.7 Å². The fraction of sp³-hybridized carbons (Fsp3) is 0.100. The van der Waals surface area contributed by atoms with Crippen molar-refractivity contribution in [3.05, 3.63) is 94.0 Å². The standard InChI is InChI=1S/C20H15Cl2FN2O/c21-15-5-8-18(22)19(11-15)25-20(26)17(10-13-2-1-9-24-12-13)14-3-6-16(23)7-4-14/h1-9,11-12,17H,10H2,(H,25,26). The molecule has 1 atom stereocenters. The largest absolute Gasteiger partial charge is 0.324 e. The molecule has 0 bridgehead atoms.